The van der Waals surface area contributed by atoms with Crippen LogP contribution in [0.4, 0.5) is 5.69 Å². The zero-order valence-electron chi connectivity index (χ0n) is 18.1. The van der Waals surface area contributed by atoms with Crippen LogP contribution in [0.15, 0.2) is 84.9 Å². The highest BCUT2D eigenvalue weighted by Crippen LogP contribution is 2.28. The van der Waals surface area contributed by atoms with Crippen LogP contribution in [0.3, 0.4) is 0 Å². The van der Waals surface area contributed by atoms with Crippen molar-refractivity contribution in [3.05, 3.63) is 113 Å². The van der Waals surface area contributed by atoms with Crippen molar-refractivity contribution in [2.45, 2.75) is 19.3 Å². The Morgan fingerprint density at radius 3 is 2.45 bits per heavy atom. The number of nitrogens with zero attached hydrogens (tertiary/aromatic N) is 1. The lowest BCUT2D eigenvalue weighted by atomic mass is 9.93. The van der Waals surface area contributed by atoms with Gasteiger partial charge in [-0.3, -0.25) is 4.79 Å². The molecule has 1 atom stereocenters. The Bertz CT molecular complexity index is 1400. The standard InChI is InChI=1S/C28H22N2O3/c1-18(23-12-6-9-20-7-2-4-10-24(20)23)27(31)30-26-15-19(17-29)13-14-22(26)16-21-8-3-5-11-25(21)28(32)33/h2-15,18H,16H2,1H3,(H,30,31)(H,32,33). The molecular weight excluding hydrogens is 412 g/mol. The number of aromatic carboxylic acids is 1. The molecule has 0 radical (unpaired) electrons. The molecule has 0 aliphatic rings. The maximum atomic E-state index is 13.2. The molecule has 5 heteroatoms. The van der Waals surface area contributed by atoms with Gasteiger partial charge < -0.3 is 10.4 Å². The molecule has 0 aliphatic carbocycles. The van der Waals surface area contributed by atoms with Crippen LogP contribution in [-0.4, -0.2) is 17.0 Å². The van der Waals surface area contributed by atoms with Gasteiger partial charge in [0.15, 0.2) is 0 Å². The molecule has 0 heterocycles. The zero-order chi connectivity index (χ0) is 23.4. The highest BCUT2D eigenvalue weighted by Gasteiger charge is 2.20. The summed E-state index contributed by atoms with van der Waals surface area (Å²) < 4.78 is 0. The van der Waals surface area contributed by atoms with Gasteiger partial charge in [0.2, 0.25) is 5.91 Å². The van der Waals surface area contributed by atoms with E-state index in [0.29, 0.717) is 23.2 Å². The smallest absolute Gasteiger partial charge is 0.335 e. The molecule has 0 saturated heterocycles. The van der Waals surface area contributed by atoms with Gasteiger partial charge in [-0.2, -0.15) is 5.26 Å². The molecule has 5 nitrogen and oxygen atoms in total. The summed E-state index contributed by atoms with van der Waals surface area (Å²) in [4.78, 5) is 24.9. The molecule has 4 aromatic rings. The molecule has 162 valence electrons. The van der Waals surface area contributed by atoms with Crippen molar-refractivity contribution in [2.75, 3.05) is 5.32 Å². The number of fused-ring (bicyclic) bond motifs is 1. The van der Waals surface area contributed by atoms with E-state index < -0.39 is 11.9 Å². The van der Waals surface area contributed by atoms with E-state index in [1.54, 1.807) is 42.5 Å². The first-order chi connectivity index (χ1) is 16.0. The largest absolute Gasteiger partial charge is 0.478 e. The molecule has 4 rings (SSSR count). The highest BCUT2D eigenvalue weighted by molar-refractivity contribution is 6.00. The summed E-state index contributed by atoms with van der Waals surface area (Å²) in [6.45, 7) is 1.85. The van der Waals surface area contributed by atoms with Crippen LogP contribution in [0, 0.1) is 11.3 Å². The number of benzene rings is 4. The number of hydrogen-bond acceptors (Lipinski definition) is 3. The van der Waals surface area contributed by atoms with Gasteiger partial charge in [-0.25, -0.2) is 4.79 Å². The molecule has 0 aliphatic heterocycles. The van der Waals surface area contributed by atoms with Crippen molar-refractivity contribution < 1.29 is 14.7 Å². The Balaban J connectivity index is 1.67. The quantitative estimate of drug-likeness (QED) is 0.405. The minimum Gasteiger partial charge on any atom is -0.478 e. The van der Waals surface area contributed by atoms with E-state index in [2.05, 4.69) is 11.4 Å². The molecule has 0 fully saturated rings. The number of anilines is 1. The second kappa shape index (κ2) is 9.37. The number of hydrogen-bond donors (Lipinski definition) is 2. The monoisotopic (exact) mass is 434 g/mol. The van der Waals surface area contributed by atoms with E-state index in [9.17, 15) is 20.0 Å². The number of nitrogens with one attached hydrogen (secondary N) is 1. The fourth-order valence-electron chi connectivity index (χ4n) is 4.02. The molecule has 1 amide bonds. The van der Waals surface area contributed by atoms with E-state index in [-0.39, 0.29) is 11.5 Å². The van der Waals surface area contributed by atoms with E-state index in [4.69, 9.17) is 0 Å². The van der Waals surface area contributed by atoms with Crippen molar-refractivity contribution in [3.8, 4) is 6.07 Å². The molecule has 0 bridgehead atoms. The average molecular weight is 434 g/mol. The van der Waals surface area contributed by atoms with Crippen LogP contribution in [0.2, 0.25) is 0 Å². The number of carbonyl (C=O) groups excluding carboxylic acids is 1. The number of amides is 1. The van der Waals surface area contributed by atoms with Crippen molar-refractivity contribution >= 4 is 28.3 Å². The molecular formula is C28H22N2O3. The third kappa shape index (κ3) is 4.60. The van der Waals surface area contributed by atoms with Crippen molar-refractivity contribution in [1.29, 1.82) is 5.26 Å². The van der Waals surface area contributed by atoms with Crippen LogP contribution < -0.4 is 5.32 Å². The van der Waals surface area contributed by atoms with Crippen LogP contribution >= 0.6 is 0 Å². The highest BCUT2D eigenvalue weighted by atomic mass is 16.4. The molecule has 33 heavy (non-hydrogen) atoms. The third-order valence-electron chi connectivity index (χ3n) is 5.81. The lowest BCUT2D eigenvalue weighted by Crippen LogP contribution is -2.20. The summed E-state index contributed by atoms with van der Waals surface area (Å²) in [5.41, 5.74) is 3.42. The third-order valence-corrected chi connectivity index (χ3v) is 5.81. The predicted molar refractivity (Wildman–Crippen MR) is 128 cm³/mol. The van der Waals surface area contributed by atoms with Gasteiger partial charge in [-0.1, -0.05) is 66.7 Å². The topological polar surface area (TPSA) is 90.2 Å². The van der Waals surface area contributed by atoms with Gasteiger partial charge >= 0.3 is 5.97 Å². The fourth-order valence-corrected chi connectivity index (χ4v) is 4.02. The Labute approximate surface area is 191 Å². The van der Waals surface area contributed by atoms with E-state index >= 15 is 0 Å². The molecule has 0 spiro atoms. The molecule has 0 aromatic heterocycles. The molecule has 1 unspecified atom stereocenters. The summed E-state index contributed by atoms with van der Waals surface area (Å²) in [5.74, 6) is -1.63. The molecule has 4 aromatic carbocycles. The van der Waals surface area contributed by atoms with Gasteiger partial charge in [-0.05, 0) is 52.6 Å². The van der Waals surface area contributed by atoms with Crippen molar-refractivity contribution in [2.24, 2.45) is 0 Å². The molecule has 2 N–H and O–H groups in total. The SMILES string of the molecule is CC(C(=O)Nc1cc(C#N)ccc1Cc1ccccc1C(=O)O)c1cccc2ccccc12. The number of carboxylic acids is 1. The molecule has 0 saturated carbocycles. The first-order valence-electron chi connectivity index (χ1n) is 10.6. The lowest BCUT2D eigenvalue weighted by molar-refractivity contribution is -0.117. The number of carbonyl (C=O) groups is 2. The maximum Gasteiger partial charge on any atom is 0.335 e. The van der Waals surface area contributed by atoms with Crippen molar-refractivity contribution in [3.63, 3.8) is 0 Å². The summed E-state index contributed by atoms with van der Waals surface area (Å²) in [6.07, 6.45) is 0.312. The van der Waals surface area contributed by atoms with Crippen LogP contribution in [-0.2, 0) is 11.2 Å². The minimum absolute atomic E-state index is 0.200. The average Bonchev–Trinajstić information content (AvgIpc) is 2.84. The van der Waals surface area contributed by atoms with E-state index in [1.807, 2.05) is 49.4 Å². The van der Waals surface area contributed by atoms with E-state index in [0.717, 1.165) is 21.9 Å². The zero-order valence-corrected chi connectivity index (χ0v) is 18.1. The normalized spacial score (nSPS) is 11.5. The summed E-state index contributed by atoms with van der Waals surface area (Å²) in [7, 11) is 0. The lowest BCUT2D eigenvalue weighted by Gasteiger charge is -2.17. The van der Waals surface area contributed by atoms with Crippen molar-refractivity contribution in [1.82, 2.24) is 0 Å². The summed E-state index contributed by atoms with van der Waals surface area (Å²) >= 11 is 0. The first kappa shape index (κ1) is 21.8. The Hall–Kier alpha value is -4.43. The van der Waals surface area contributed by atoms with Gasteiger partial charge in [-0.15, -0.1) is 0 Å². The van der Waals surface area contributed by atoms with Gasteiger partial charge in [0, 0.05) is 12.1 Å². The van der Waals surface area contributed by atoms with Crippen LogP contribution in [0.25, 0.3) is 10.8 Å². The Morgan fingerprint density at radius 2 is 1.67 bits per heavy atom. The fraction of sp³-hybridized carbons (Fsp3) is 0.107. The second-order valence-corrected chi connectivity index (χ2v) is 7.90. The summed E-state index contributed by atoms with van der Waals surface area (Å²) in [5, 5.41) is 23.9. The Kier molecular flexibility index (Phi) is 6.19. The van der Waals surface area contributed by atoms with Gasteiger partial charge in [0.1, 0.15) is 0 Å². The van der Waals surface area contributed by atoms with Crippen LogP contribution in [0.1, 0.15) is 45.5 Å². The minimum atomic E-state index is -1.01. The number of rotatable bonds is 6. The maximum absolute atomic E-state index is 13.2. The number of nitriles is 1. The first-order valence-corrected chi connectivity index (χ1v) is 10.6. The second-order valence-electron chi connectivity index (χ2n) is 7.90. The predicted octanol–water partition coefficient (Wildman–Crippen LogP) is 5.74. The van der Waals surface area contributed by atoms with Gasteiger partial charge in [0.05, 0.1) is 23.1 Å². The van der Waals surface area contributed by atoms with Gasteiger partial charge in [0.25, 0.3) is 0 Å². The van der Waals surface area contributed by atoms with Crippen LogP contribution in [0.5, 0.6) is 0 Å². The summed E-state index contributed by atoms with van der Waals surface area (Å²) in [6, 6.07) is 27.8. The Morgan fingerprint density at radius 1 is 0.939 bits per heavy atom. The van der Waals surface area contributed by atoms with E-state index in [1.165, 1.54) is 0 Å². The number of carboxylic acid groups (broad SMARTS) is 1.